The largest absolute Gasteiger partial charge is 0.459 e. The van der Waals surface area contributed by atoms with Gasteiger partial charge in [0.2, 0.25) is 10.0 Å². The first-order chi connectivity index (χ1) is 13.0. The summed E-state index contributed by atoms with van der Waals surface area (Å²) in [4.78, 5) is 13.9. The quantitative estimate of drug-likeness (QED) is 0.778. The Morgan fingerprint density at radius 1 is 1.07 bits per heavy atom. The van der Waals surface area contributed by atoms with Crippen LogP contribution in [0.4, 0.5) is 0 Å². The fourth-order valence-corrected chi connectivity index (χ4v) is 4.02. The molecule has 2 aromatic rings. The van der Waals surface area contributed by atoms with Gasteiger partial charge >= 0.3 is 0 Å². The Hall–Kier alpha value is -2.42. The van der Waals surface area contributed by atoms with Gasteiger partial charge in [-0.15, -0.1) is 0 Å². The molecule has 0 atom stereocenters. The highest BCUT2D eigenvalue weighted by Gasteiger charge is 2.24. The summed E-state index contributed by atoms with van der Waals surface area (Å²) in [6.45, 7) is 3.30. The fourth-order valence-electron chi connectivity index (χ4n) is 2.84. The van der Waals surface area contributed by atoms with Gasteiger partial charge in [0.25, 0.3) is 5.91 Å². The van der Waals surface area contributed by atoms with Crippen LogP contribution >= 0.6 is 0 Å². The van der Waals surface area contributed by atoms with Gasteiger partial charge in [-0.2, -0.15) is 4.31 Å². The first-order valence-corrected chi connectivity index (χ1v) is 10.3. The molecule has 1 amide bonds. The van der Waals surface area contributed by atoms with E-state index in [1.165, 1.54) is 16.0 Å². The average Bonchev–Trinajstić information content (AvgIpc) is 3.23. The maximum absolute atomic E-state index is 12.5. The van der Waals surface area contributed by atoms with E-state index in [0.29, 0.717) is 39.3 Å². The van der Waals surface area contributed by atoms with Crippen molar-refractivity contribution in [2.24, 2.45) is 0 Å². The Bertz CT molecular complexity index is 856. The van der Waals surface area contributed by atoms with Crippen molar-refractivity contribution < 1.29 is 17.6 Å². The number of piperazine rings is 1. The first-order valence-electron chi connectivity index (χ1n) is 8.82. The van der Waals surface area contributed by atoms with Gasteiger partial charge < -0.3 is 9.73 Å². The Balaban J connectivity index is 1.43. The molecule has 0 spiro atoms. The second-order valence-electron chi connectivity index (χ2n) is 6.23. The van der Waals surface area contributed by atoms with Crippen molar-refractivity contribution in [3.8, 4) is 0 Å². The number of carbonyl (C=O) groups excluding carboxylic acids is 1. The molecular formula is C19H23N3O4S. The lowest BCUT2D eigenvalue weighted by molar-refractivity contribution is 0.0917. The second-order valence-corrected chi connectivity index (χ2v) is 8.05. The molecule has 0 bridgehead atoms. The van der Waals surface area contributed by atoms with E-state index in [1.807, 2.05) is 30.3 Å². The van der Waals surface area contributed by atoms with Gasteiger partial charge in [-0.05, 0) is 23.8 Å². The number of benzene rings is 1. The van der Waals surface area contributed by atoms with Crippen LogP contribution < -0.4 is 5.32 Å². The number of sulfonamides is 1. The molecule has 1 saturated heterocycles. The molecule has 1 aromatic heterocycles. The van der Waals surface area contributed by atoms with E-state index in [2.05, 4.69) is 10.2 Å². The van der Waals surface area contributed by atoms with Gasteiger partial charge in [-0.3, -0.25) is 9.69 Å². The fraction of sp³-hybridized carbons (Fsp3) is 0.316. The van der Waals surface area contributed by atoms with Crippen LogP contribution in [0.25, 0.3) is 6.08 Å². The van der Waals surface area contributed by atoms with Crippen LogP contribution in [0.1, 0.15) is 16.1 Å². The number of hydrogen-bond donors (Lipinski definition) is 1. The smallest absolute Gasteiger partial charge is 0.287 e. The van der Waals surface area contributed by atoms with E-state index in [0.717, 1.165) is 5.56 Å². The molecule has 2 heterocycles. The molecule has 0 unspecified atom stereocenters. The van der Waals surface area contributed by atoms with Crippen molar-refractivity contribution in [3.63, 3.8) is 0 Å². The van der Waals surface area contributed by atoms with Gasteiger partial charge in [0.1, 0.15) is 0 Å². The summed E-state index contributed by atoms with van der Waals surface area (Å²) in [6, 6.07) is 12.6. The van der Waals surface area contributed by atoms with Crippen LogP contribution in [-0.4, -0.2) is 62.8 Å². The summed E-state index contributed by atoms with van der Waals surface area (Å²) < 4.78 is 31.4. The molecule has 0 radical (unpaired) electrons. The number of amides is 1. The lowest BCUT2D eigenvalue weighted by Crippen LogP contribution is -2.49. The van der Waals surface area contributed by atoms with E-state index in [1.54, 1.807) is 18.2 Å². The number of carbonyl (C=O) groups is 1. The summed E-state index contributed by atoms with van der Waals surface area (Å²) in [6.07, 6.45) is 3.08. The second kappa shape index (κ2) is 8.98. The minimum atomic E-state index is -3.42. The first kappa shape index (κ1) is 19.3. The molecule has 1 aliphatic heterocycles. The summed E-state index contributed by atoms with van der Waals surface area (Å²) >= 11 is 0. The highest BCUT2D eigenvalue weighted by Crippen LogP contribution is 2.11. The Morgan fingerprint density at radius 2 is 1.81 bits per heavy atom. The van der Waals surface area contributed by atoms with Crippen molar-refractivity contribution >= 4 is 22.0 Å². The third-order valence-corrected chi connectivity index (χ3v) is 5.95. The molecule has 0 saturated carbocycles. The van der Waals surface area contributed by atoms with Crippen LogP contribution in [0.15, 0.2) is 58.6 Å². The van der Waals surface area contributed by atoms with Gasteiger partial charge in [0.05, 0.1) is 6.26 Å². The van der Waals surface area contributed by atoms with E-state index >= 15 is 0 Å². The highest BCUT2D eigenvalue weighted by molar-refractivity contribution is 7.92. The van der Waals surface area contributed by atoms with E-state index in [-0.39, 0.29) is 11.7 Å². The summed E-state index contributed by atoms with van der Waals surface area (Å²) in [5.41, 5.74) is 0.854. The molecule has 1 N–H and O–H groups in total. The van der Waals surface area contributed by atoms with Crippen LogP contribution in [0, 0.1) is 0 Å². The zero-order valence-corrected chi connectivity index (χ0v) is 15.8. The minimum absolute atomic E-state index is 0.243. The Kier molecular flexibility index (Phi) is 6.44. The van der Waals surface area contributed by atoms with Gasteiger partial charge in [-0.1, -0.05) is 30.3 Å². The molecule has 1 aliphatic rings. The number of hydrogen-bond acceptors (Lipinski definition) is 5. The average molecular weight is 389 g/mol. The van der Waals surface area contributed by atoms with Gasteiger partial charge in [-0.25, -0.2) is 8.42 Å². The van der Waals surface area contributed by atoms with Crippen molar-refractivity contribution in [2.45, 2.75) is 0 Å². The van der Waals surface area contributed by atoms with Crippen LogP contribution in [0.5, 0.6) is 0 Å². The van der Waals surface area contributed by atoms with Crippen molar-refractivity contribution in [1.82, 2.24) is 14.5 Å². The SMILES string of the molecule is O=C(NCCN1CCN(S(=O)(=O)/C=C/c2ccccc2)CC1)c1ccco1. The molecule has 144 valence electrons. The number of furan rings is 1. The van der Waals surface area contributed by atoms with E-state index in [9.17, 15) is 13.2 Å². The van der Waals surface area contributed by atoms with Crippen molar-refractivity contribution in [1.29, 1.82) is 0 Å². The maximum atomic E-state index is 12.5. The van der Waals surface area contributed by atoms with Crippen LogP contribution in [0.2, 0.25) is 0 Å². The summed E-state index contributed by atoms with van der Waals surface area (Å²) in [5.74, 6) is 0.0448. The molecule has 1 fully saturated rings. The highest BCUT2D eigenvalue weighted by atomic mass is 32.2. The van der Waals surface area contributed by atoms with Crippen LogP contribution in [0.3, 0.4) is 0 Å². The Morgan fingerprint density at radius 3 is 2.48 bits per heavy atom. The summed E-state index contributed by atoms with van der Waals surface area (Å²) in [7, 11) is -3.42. The molecule has 1 aromatic carbocycles. The standard InChI is InChI=1S/C19H23N3O4S/c23-19(18-7-4-15-26-18)20-9-10-21-11-13-22(14-12-21)27(24,25)16-8-17-5-2-1-3-6-17/h1-8,15-16H,9-14H2,(H,20,23)/b16-8+. The normalized spacial score (nSPS) is 16.6. The lowest BCUT2D eigenvalue weighted by Gasteiger charge is -2.33. The maximum Gasteiger partial charge on any atom is 0.287 e. The number of nitrogens with one attached hydrogen (secondary N) is 1. The minimum Gasteiger partial charge on any atom is -0.459 e. The molecule has 8 heteroatoms. The van der Waals surface area contributed by atoms with Crippen molar-refractivity contribution in [2.75, 3.05) is 39.3 Å². The number of nitrogens with zero attached hydrogens (tertiary/aromatic N) is 2. The van der Waals surface area contributed by atoms with Crippen LogP contribution in [-0.2, 0) is 10.0 Å². The zero-order valence-electron chi connectivity index (χ0n) is 15.0. The van der Waals surface area contributed by atoms with E-state index in [4.69, 9.17) is 4.42 Å². The molecule has 3 rings (SSSR count). The monoisotopic (exact) mass is 389 g/mol. The summed E-state index contributed by atoms with van der Waals surface area (Å²) in [5, 5.41) is 4.06. The zero-order chi connectivity index (χ0) is 19.1. The van der Waals surface area contributed by atoms with Crippen molar-refractivity contribution in [3.05, 3.63) is 65.5 Å². The molecule has 27 heavy (non-hydrogen) atoms. The molecule has 7 nitrogen and oxygen atoms in total. The van der Waals surface area contributed by atoms with E-state index < -0.39 is 10.0 Å². The third-order valence-electron chi connectivity index (χ3n) is 4.38. The third kappa shape index (κ3) is 5.53. The van der Waals surface area contributed by atoms with Gasteiger partial charge in [0.15, 0.2) is 5.76 Å². The number of rotatable bonds is 7. The Labute approximate surface area is 159 Å². The molecule has 0 aliphatic carbocycles. The predicted octanol–water partition coefficient (Wildman–Crippen LogP) is 1.63. The topological polar surface area (TPSA) is 82.9 Å². The predicted molar refractivity (Wildman–Crippen MR) is 103 cm³/mol. The molecular weight excluding hydrogens is 366 g/mol. The lowest BCUT2D eigenvalue weighted by atomic mass is 10.2. The van der Waals surface area contributed by atoms with Gasteiger partial charge in [0, 0.05) is 44.7 Å².